The third-order valence-corrected chi connectivity index (χ3v) is 14.4. The molecule has 5 aliphatic rings. The van der Waals surface area contributed by atoms with E-state index in [9.17, 15) is 23.4 Å². The molecule has 11 heteroatoms. The predicted octanol–water partition coefficient (Wildman–Crippen LogP) is 5.09. The molecule has 44 heavy (non-hydrogen) atoms. The number of sulfonamides is 1. The highest BCUT2D eigenvalue weighted by Crippen LogP contribution is 2.69. The van der Waals surface area contributed by atoms with E-state index >= 15 is 0 Å². The van der Waals surface area contributed by atoms with Crippen molar-refractivity contribution in [1.82, 2.24) is 14.7 Å². The number of aliphatic hydroxyl groups is 2. The molecule has 3 N–H and O–H groups in total. The van der Waals surface area contributed by atoms with Crippen molar-refractivity contribution in [3.05, 3.63) is 12.4 Å². The SMILES string of the molecule is CC[C@H]1[C@@H](O)[C@@H]2[C@H](CC[C@]3(C)[C@@H]([C@H](C)COC(=O)NS(=O)(=O)c4cnc(OC5CCC5)nc4)CC[C@@H]23)[C@@]2(C)CC[C@@H](O)C[C@@H]12. The Kier molecular flexibility index (Phi) is 8.72. The van der Waals surface area contributed by atoms with Crippen LogP contribution in [0, 0.1) is 52.3 Å². The summed E-state index contributed by atoms with van der Waals surface area (Å²) in [5, 5.41) is 22.4. The molecule has 0 aromatic carbocycles. The van der Waals surface area contributed by atoms with Gasteiger partial charge >= 0.3 is 12.1 Å². The average Bonchev–Trinajstić information content (AvgIpc) is 3.32. The standard InChI is InChI=1S/C33H51N3O7S/c1-5-23-27-15-20(37)11-13-33(27,4)26-12-14-32(3)24(9-10-25(32)28(26)29(23)38)19(2)18-42-31(39)36-44(40,41)22-16-34-30(35-17-22)43-21-7-6-8-21/h16-17,19-21,23-29,37-38H,5-15,18H2,1-4H3,(H,36,39)/t19-,20-,23-,24-,25+,26+,27+,28+,29-,32-,33-/m1/s1. The molecular weight excluding hydrogens is 582 g/mol. The van der Waals surface area contributed by atoms with Gasteiger partial charge in [0.15, 0.2) is 0 Å². The molecule has 0 aliphatic heterocycles. The van der Waals surface area contributed by atoms with Crippen LogP contribution in [0.1, 0.15) is 98.3 Å². The van der Waals surface area contributed by atoms with Gasteiger partial charge < -0.3 is 19.7 Å². The lowest BCUT2D eigenvalue weighted by atomic mass is 9.41. The number of rotatable bonds is 8. The monoisotopic (exact) mass is 633 g/mol. The van der Waals surface area contributed by atoms with E-state index in [0.717, 1.165) is 83.0 Å². The molecular formula is C33H51N3O7S. The predicted molar refractivity (Wildman–Crippen MR) is 163 cm³/mol. The van der Waals surface area contributed by atoms with Gasteiger partial charge in [0.1, 0.15) is 11.0 Å². The van der Waals surface area contributed by atoms with Gasteiger partial charge in [-0.25, -0.2) is 27.9 Å². The number of fused-ring (bicyclic) bond motifs is 5. The maximum Gasteiger partial charge on any atom is 0.421 e. The molecule has 246 valence electrons. The molecule has 11 atom stereocenters. The summed E-state index contributed by atoms with van der Waals surface area (Å²) < 4.78 is 38.6. The van der Waals surface area contributed by atoms with Crippen LogP contribution in [0.2, 0.25) is 0 Å². The van der Waals surface area contributed by atoms with E-state index in [2.05, 4.69) is 37.7 Å². The highest BCUT2D eigenvalue weighted by Gasteiger charge is 2.65. The van der Waals surface area contributed by atoms with Gasteiger partial charge in [0.25, 0.3) is 10.0 Å². The Labute approximate surface area is 262 Å². The van der Waals surface area contributed by atoms with Gasteiger partial charge in [-0.05, 0) is 116 Å². The highest BCUT2D eigenvalue weighted by atomic mass is 32.2. The largest absolute Gasteiger partial charge is 0.460 e. The number of carbonyl (C=O) groups excluding carboxylic acids is 1. The Balaban J connectivity index is 1.08. The van der Waals surface area contributed by atoms with Crippen molar-refractivity contribution in [1.29, 1.82) is 0 Å². The van der Waals surface area contributed by atoms with Gasteiger partial charge in [0, 0.05) is 0 Å². The topological polar surface area (TPSA) is 148 Å². The number of hydrogen-bond acceptors (Lipinski definition) is 9. The third kappa shape index (κ3) is 5.52. The van der Waals surface area contributed by atoms with Crippen molar-refractivity contribution in [2.75, 3.05) is 6.61 Å². The number of aromatic nitrogens is 2. The molecule has 1 heterocycles. The molecule has 5 fully saturated rings. The van der Waals surface area contributed by atoms with E-state index in [4.69, 9.17) is 9.47 Å². The first-order valence-corrected chi connectivity index (χ1v) is 18.4. The molecule has 1 amide bonds. The maximum absolute atomic E-state index is 12.8. The van der Waals surface area contributed by atoms with Gasteiger partial charge in [-0.2, -0.15) is 0 Å². The Bertz CT molecular complexity index is 1310. The van der Waals surface area contributed by atoms with E-state index in [-0.39, 0.29) is 64.4 Å². The summed E-state index contributed by atoms with van der Waals surface area (Å²) in [5.74, 6) is 2.02. The van der Waals surface area contributed by atoms with Crippen LogP contribution in [-0.2, 0) is 14.8 Å². The molecule has 1 aromatic heterocycles. The van der Waals surface area contributed by atoms with Crippen molar-refractivity contribution in [3.63, 3.8) is 0 Å². The number of hydrogen-bond donors (Lipinski definition) is 3. The van der Waals surface area contributed by atoms with Gasteiger partial charge in [-0.3, -0.25) is 0 Å². The molecule has 10 nitrogen and oxygen atoms in total. The Hall–Kier alpha value is -1.98. The van der Waals surface area contributed by atoms with Crippen LogP contribution < -0.4 is 9.46 Å². The number of carbonyl (C=O) groups is 1. The van der Waals surface area contributed by atoms with Crippen LogP contribution in [0.5, 0.6) is 6.01 Å². The lowest BCUT2D eigenvalue weighted by Gasteiger charge is -2.64. The van der Waals surface area contributed by atoms with E-state index in [1.54, 1.807) is 0 Å². The van der Waals surface area contributed by atoms with Gasteiger partial charge in [0.05, 0.1) is 31.2 Å². The smallest absolute Gasteiger partial charge is 0.421 e. The molecule has 0 saturated heterocycles. The third-order valence-electron chi connectivity index (χ3n) is 13.1. The molecule has 6 rings (SSSR count). The zero-order chi connectivity index (χ0) is 31.4. The Morgan fingerprint density at radius 3 is 2.36 bits per heavy atom. The number of ether oxygens (including phenoxy) is 2. The van der Waals surface area contributed by atoms with E-state index in [1.807, 2.05) is 4.72 Å². The summed E-state index contributed by atoms with van der Waals surface area (Å²) in [6.45, 7) is 9.21. The van der Waals surface area contributed by atoms with Crippen LogP contribution in [0.4, 0.5) is 4.79 Å². The fourth-order valence-electron chi connectivity index (χ4n) is 10.6. The van der Waals surface area contributed by atoms with Crippen LogP contribution in [0.3, 0.4) is 0 Å². The van der Waals surface area contributed by atoms with Gasteiger partial charge in [-0.1, -0.05) is 34.1 Å². The first kappa shape index (κ1) is 32.0. The molecule has 5 aliphatic carbocycles. The van der Waals surface area contributed by atoms with Crippen molar-refractivity contribution in [2.45, 2.75) is 122 Å². The van der Waals surface area contributed by atoms with Crippen LogP contribution in [-0.4, -0.2) is 59.6 Å². The average molecular weight is 634 g/mol. The quantitative estimate of drug-likeness (QED) is 0.356. The number of aliphatic hydroxyl groups excluding tert-OH is 2. The molecule has 5 saturated carbocycles. The van der Waals surface area contributed by atoms with Crippen molar-refractivity contribution in [2.24, 2.45) is 52.3 Å². The second-order valence-electron chi connectivity index (χ2n) is 15.2. The number of amides is 1. The lowest BCUT2D eigenvalue weighted by Crippen LogP contribution is -2.62. The van der Waals surface area contributed by atoms with E-state index in [0.29, 0.717) is 23.7 Å². The fourth-order valence-corrected chi connectivity index (χ4v) is 11.4. The summed E-state index contributed by atoms with van der Waals surface area (Å²) in [6, 6.07) is 0.125. The zero-order valence-corrected chi connectivity index (χ0v) is 27.5. The fraction of sp³-hybridized carbons (Fsp3) is 0.848. The van der Waals surface area contributed by atoms with Gasteiger partial charge in [-0.15, -0.1) is 0 Å². The Morgan fingerprint density at radius 1 is 1.02 bits per heavy atom. The van der Waals surface area contributed by atoms with Crippen LogP contribution >= 0.6 is 0 Å². The summed E-state index contributed by atoms with van der Waals surface area (Å²) >= 11 is 0. The minimum atomic E-state index is -4.19. The van der Waals surface area contributed by atoms with Crippen molar-refractivity contribution in [3.8, 4) is 6.01 Å². The van der Waals surface area contributed by atoms with Crippen molar-refractivity contribution >= 4 is 16.1 Å². The lowest BCUT2D eigenvalue weighted by molar-refractivity contribution is -0.203. The van der Waals surface area contributed by atoms with E-state index < -0.39 is 16.1 Å². The van der Waals surface area contributed by atoms with E-state index in [1.165, 1.54) is 0 Å². The van der Waals surface area contributed by atoms with Gasteiger partial charge in [0.2, 0.25) is 0 Å². The summed E-state index contributed by atoms with van der Waals surface area (Å²) in [5.41, 5.74) is 0.167. The number of nitrogens with one attached hydrogen (secondary N) is 1. The first-order chi connectivity index (χ1) is 20.9. The second kappa shape index (κ2) is 12.0. The van der Waals surface area contributed by atoms with Crippen LogP contribution in [0.15, 0.2) is 17.3 Å². The minimum Gasteiger partial charge on any atom is -0.460 e. The number of nitrogens with zero attached hydrogens (tertiary/aromatic N) is 2. The molecule has 0 unspecified atom stereocenters. The summed E-state index contributed by atoms with van der Waals surface area (Å²) in [7, 11) is -4.19. The Morgan fingerprint density at radius 2 is 1.70 bits per heavy atom. The summed E-state index contributed by atoms with van der Waals surface area (Å²) in [6.07, 6.45) is 11.5. The second-order valence-corrected chi connectivity index (χ2v) is 16.9. The first-order valence-electron chi connectivity index (χ1n) is 16.9. The normalized spacial score (nSPS) is 41.0. The molecule has 0 bridgehead atoms. The maximum atomic E-state index is 12.8. The highest BCUT2D eigenvalue weighted by molar-refractivity contribution is 7.90. The molecule has 0 spiro atoms. The molecule has 1 aromatic rings. The summed E-state index contributed by atoms with van der Waals surface area (Å²) in [4.78, 5) is 20.4. The van der Waals surface area contributed by atoms with Crippen LogP contribution in [0.25, 0.3) is 0 Å². The van der Waals surface area contributed by atoms with Crippen molar-refractivity contribution < 1.29 is 32.9 Å². The minimum absolute atomic E-state index is 0.0176. The molecule has 0 radical (unpaired) electrons. The zero-order valence-electron chi connectivity index (χ0n) is 26.7.